The molecule has 3 rings (SSSR count). The smallest absolute Gasteiger partial charge is 0.0738 e. The van der Waals surface area contributed by atoms with Gasteiger partial charge in [0.05, 0.1) is 28.1 Å². The van der Waals surface area contributed by atoms with E-state index in [4.69, 9.17) is 4.74 Å². The Hall–Kier alpha value is -0.390. The number of nitrogens with zero attached hydrogens (tertiary/aromatic N) is 2. The van der Waals surface area contributed by atoms with Crippen LogP contribution >= 0.6 is 15.9 Å². The number of hydrogen-bond acceptors (Lipinski definition) is 3. The van der Waals surface area contributed by atoms with Crippen molar-refractivity contribution in [2.75, 3.05) is 6.54 Å². The number of hydrogen-bond donors (Lipinski definition) is 1. The average molecular weight is 342 g/mol. The first kappa shape index (κ1) is 14.5. The summed E-state index contributed by atoms with van der Waals surface area (Å²) < 4.78 is 9.21. The lowest BCUT2D eigenvalue weighted by atomic mass is 9.82. The molecule has 2 fully saturated rings. The molecule has 0 saturated carbocycles. The van der Waals surface area contributed by atoms with Crippen molar-refractivity contribution in [1.29, 1.82) is 0 Å². The van der Waals surface area contributed by atoms with Crippen LogP contribution in [0.1, 0.15) is 37.6 Å². The molecule has 0 spiro atoms. The lowest BCUT2D eigenvalue weighted by Crippen LogP contribution is -2.42. The zero-order valence-corrected chi connectivity index (χ0v) is 14.1. The zero-order valence-electron chi connectivity index (χ0n) is 12.5. The Kier molecular flexibility index (Phi) is 4.20. The molecule has 0 amide bonds. The fourth-order valence-corrected chi connectivity index (χ4v) is 4.35. The van der Waals surface area contributed by atoms with E-state index in [2.05, 4.69) is 40.2 Å². The highest BCUT2D eigenvalue weighted by atomic mass is 79.9. The quantitative estimate of drug-likeness (QED) is 0.894. The van der Waals surface area contributed by atoms with E-state index in [0.29, 0.717) is 24.2 Å². The lowest BCUT2D eigenvalue weighted by Gasteiger charge is -2.29. The van der Waals surface area contributed by atoms with Gasteiger partial charge in [0.1, 0.15) is 0 Å². The first-order chi connectivity index (χ1) is 9.60. The molecule has 4 unspecified atom stereocenters. The minimum Gasteiger partial charge on any atom is -0.375 e. The van der Waals surface area contributed by atoms with Crippen LogP contribution in [0.3, 0.4) is 0 Å². The van der Waals surface area contributed by atoms with Crippen LogP contribution in [0.15, 0.2) is 4.47 Å². The molecule has 1 aromatic heterocycles. The van der Waals surface area contributed by atoms with Gasteiger partial charge in [-0.05, 0) is 48.7 Å². The molecule has 112 valence electrons. The number of nitrogens with one attached hydrogen (secondary N) is 1. The van der Waals surface area contributed by atoms with Crippen molar-refractivity contribution >= 4 is 15.9 Å². The molecular formula is C15H24BrN3O. The van der Waals surface area contributed by atoms with E-state index in [1.165, 1.54) is 25.0 Å². The summed E-state index contributed by atoms with van der Waals surface area (Å²) in [6, 6.07) is 0.487. The number of fused-ring (bicyclic) bond motifs is 2. The fraction of sp³-hybridized carbons (Fsp3) is 0.800. The third kappa shape index (κ3) is 2.55. The highest BCUT2D eigenvalue weighted by molar-refractivity contribution is 9.10. The van der Waals surface area contributed by atoms with Gasteiger partial charge < -0.3 is 10.1 Å². The SMILES string of the molecule is CCNC(Cc1c(Br)c(C)nn1C)C1CC2CCC1O2. The summed E-state index contributed by atoms with van der Waals surface area (Å²) in [6.07, 6.45) is 5.72. The van der Waals surface area contributed by atoms with Crippen LogP contribution < -0.4 is 5.32 Å². The summed E-state index contributed by atoms with van der Waals surface area (Å²) in [5.74, 6) is 0.649. The third-order valence-corrected chi connectivity index (χ3v) is 5.84. The molecule has 2 bridgehead atoms. The maximum absolute atomic E-state index is 6.04. The summed E-state index contributed by atoms with van der Waals surface area (Å²) in [6.45, 7) is 5.24. The highest BCUT2D eigenvalue weighted by Gasteiger charge is 2.44. The van der Waals surface area contributed by atoms with Gasteiger partial charge in [-0.2, -0.15) is 5.10 Å². The molecule has 1 N–H and O–H groups in total. The molecule has 2 aliphatic heterocycles. The first-order valence-electron chi connectivity index (χ1n) is 7.67. The van der Waals surface area contributed by atoms with Crippen molar-refractivity contribution in [3.05, 3.63) is 15.9 Å². The molecule has 4 atom stereocenters. The number of likely N-dealkylation sites (N-methyl/N-ethyl adjacent to an activating group) is 1. The molecule has 1 aromatic rings. The van der Waals surface area contributed by atoms with Crippen LogP contribution in [0.2, 0.25) is 0 Å². The maximum atomic E-state index is 6.04. The monoisotopic (exact) mass is 341 g/mol. The van der Waals surface area contributed by atoms with Gasteiger partial charge >= 0.3 is 0 Å². The molecule has 0 radical (unpaired) electrons. The van der Waals surface area contributed by atoms with Gasteiger partial charge in [0.25, 0.3) is 0 Å². The highest BCUT2D eigenvalue weighted by Crippen LogP contribution is 2.41. The maximum Gasteiger partial charge on any atom is 0.0738 e. The van der Waals surface area contributed by atoms with E-state index in [9.17, 15) is 0 Å². The van der Waals surface area contributed by atoms with Crippen LogP contribution in [-0.4, -0.2) is 34.6 Å². The second-order valence-electron chi connectivity index (χ2n) is 6.11. The van der Waals surface area contributed by atoms with Crippen molar-refractivity contribution in [2.45, 2.75) is 57.8 Å². The van der Waals surface area contributed by atoms with E-state index >= 15 is 0 Å². The summed E-state index contributed by atoms with van der Waals surface area (Å²) in [5, 5.41) is 8.19. The van der Waals surface area contributed by atoms with E-state index < -0.39 is 0 Å². The molecule has 5 heteroatoms. The first-order valence-corrected chi connectivity index (χ1v) is 8.46. The molecule has 2 saturated heterocycles. The van der Waals surface area contributed by atoms with Gasteiger partial charge in [-0.25, -0.2) is 0 Å². The summed E-state index contributed by atoms with van der Waals surface area (Å²) in [4.78, 5) is 0. The predicted molar refractivity (Wildman–Crippen MR) is 82.8 cm³/mol. The average Bonchev–Trinajstić information content (AvgIpc) is 3.09. The topological polar surface area (TPSA) is 39.1 Å². The third-order valence-electron chi connectivity index (χ3n) is 4.81. The summed E-state index contributed by atoms with van der Waals surface area (Å²) >= 11 is 3.69. The van der Waals surface area contributed by atoms with E-state index in [1.807, 2.05) is 11.7 Å². The largest absolute Gasteiger partial charge is 0.375 e. The van der Waals surface area contributed by atoms with Crippen molar-refractivity contribution in [1.82, 2.24) is 15.1 Å². The van der Waals surface area contributed by atoms with Crippen LogP contribution in [0, 0.1) is 12.8 Å². The molecule has 0 aliphatic carbocycles. The lowest BCUT2D eigenvalue weighted by molar-refractivity contribution is 0.0857. The van der Waals surface area contributed by atoms with Crippen molar-refractivity contribution in [3.63, 3.8) is 0 Å². The minimum absolute atomic E-state index is 0.470. The second-order valence-corrected chi connectivity index (χ2v) is 6.90. The molecule has 3 heterocycles. The minimum atomic E-state index is 0.470. The zero-order chi connectivity index (χ0) is 14.3. The Labute approximate surface area is 129 Å². The Morgan fingerprint density at radius 3 is 2.80 bits per heavy atom. The normalized spacial score (nSPS) is 30.1. The van der Waals surface area contributed by atoms with Crippen molar-refractivity contribution < 1.29 is 4.74 Å². The Bertz CT molecular complexity index is 488. The summed E-state index contributed by atoms with van der Waals surface area (Å²) in [7, 11) is 2.04. The predicted octanol–water partition coefficient (Wildman–Crippen LogP) is 2.58. The van der Waals surface area contributed by atoms with E-state index in [1.54, 1.807) is 0 Å². The molecule has 20 heavy (non-hydrogen) atoms. The summed E-state index contributed by atoms with van der Waals surface area (Å²) in [5.41, 5.74) is 2.36. The molecule has 2 aliphatic rings. The van der Waals surface area contributed by atoms with Gasteiger partial charge in [0.15, 0.2) is 0 Å². The van der Waals surface area contributed by atoms with Crippen LogP contribution in [0.4, 0.5) is 0 Å². The molecule has 4 nitrogen and oxygen atoms in total. The molecular weight excluding hydrogens is 318 g/mol. The van der Waals surface area contributed by atoms with Crippen molar-refractivity contribution in [2.24, 2.45) is 13.0 Å². The Morgan fingerprint density at radius 1 is 1.50 bits per heavy atom. The van der Waals surface area contributed by atoms with Gasteiger partial charge in [-0.15, -0.1) is 0 Å². The Balaban J connectivity index is 1.77. The van der Waals surface area contributed by atoms with Crippen LogP contribution in [-0.2, 0) is 18.2 Å². The molecule has 0 aromatic carbocycles. The van der Waals surface area contributed by atoms with E-state index in [0.717, 1.165) is 23.1 Å². The fourth-order valence-electron chi connectivity index (χ4n) is 3.85. The van der Waals surface area contributed by atoms with Gasteiger partial charge in [-0.1, -0.05) is 6.92 Å². The Morgan fingerprint density at radius 2 is 2.30 bits per heavy atom. The van der Waals surface area contributed by atoms with Gasteiger partial charge in [0, 0.05) is 25.4 Å². The van der Waals surface area contributed by atoms with Crippen LogP contribution in [0.5, 0.6) is 0 Å². The van der Waals surface area contributed by atoms with Gasteiger partial charge in [-0.3, -0.25) is 4.68 Å². The number of aryl methyl sites for hydroxylation is 2. The van der Waals surface area contributed by atoms with E-state index in [-0.39, 0.29) is 0 Å². The number of ether oxygens (including phenoxy) is 1. The van der Waals surface area contributed by atoms with Gasteiger partial charge in [0.2, 0.25) is 0 Å². The second kappa shape index (κ2) is 5.78. The van der Waals surface area contributed by atoms with Crippen LogP contribution in [0.25, 0.3) is 0 Å². The number of halogens is 1. The standard InChI is InChI=1S/C15H24BrN3O/c1-4-17-12(11-7-10-5-6-14(11)20-10)8-13-15(16)9(2)18-19(13)3/h10-12,14,17H,4-8H2,1-3H3. The number of rotatable bonds is 5. The van der Waals surface area contributed by atoms with Crippen molar-refractivity contribution in [3.8, 4) is 0 Å². The number of aromatic nitrogens is 2.